The normalized spacial score (nSPS) is 11.3. The Labute approximate surface area is 128 Å². The van der Waals surface area contributed by atoms with Crippen molar-refractivity contribution < 1.29 is 19.0 Å². The third kappa shape index (κ3) is 3.95. The SMILES string of the molecule is COc1ccc(-c2ccc(C/C(C)=C/C(=O)O)cc2)c(F)c1. The number of hydrogen-bond donors (Lipinski definition) is 1. The lowest BCUT2D eigenvalue weighted by Crippen LogP contribution is -1.93. The molecule has 0 saturated carbocycles. The predicted octanol–water partition coefficient (Wildman–Crippen LogP) is 4.07. The van der Waals surface area contributed by atoms with Crippen LogP contribution in [0.2, 0.25) is 0 Å². The summed E-state index contributed by atoms with van der Waals surface area (Å²) in [5, 5.41) is 8.70. The first-order valence-corrected chi connectivity index (χ1v) is 6.82. The Morgan fingerprint density at radius 3 is 2.45 bits per heavy atom. The van der Waals surface area contributed by atoms with Gasteiger partial charge in [0.15, 0.2) is 0 Å². The lowest BCUT2D eigenvalue weighted by Gasteiger charge is -2.07. The Morgan fingerprint density at radius 2 is 1.91 bits per heavy atom. The summed E-state index contributed by atoms with van der Waals surface area (Å²) in [6.45, 7) is 1.77. The smallest absolute Gasteiger partial charge is 0.328 e. The second-order valence-electron chi connectivity index (χ2n) is 5.05. The van der Waals surface area contributed by atoms with Crippen molar-refractivity contribution in [3.8, 4) is 16.9 Å². The molecule has 2 aromatic rings. The molecule has 3 nitrogen and oxygen atoms in total. The molecule has 0 aliphatic heterocycles. The molecule has 0 fully saturated rings. The van der Waals surface area contributed by atoms with Crippen LogP contribution in [0.25, 0.3) is 11.1 Å². The summed E-state index contributed by atoms with van der Waals surface area (Å²) in [6.07, 6.45) is 1.74. The molecule has 0 atom stereocenters. The summed E-state index contributed by atoms with van der Waals surface area (Å²) in [6, 6.07) is 12.1. The molecular formula is C18H17FO3. The monoisotopic (exact) mass is 300 g/mol. The highest BCUT2D eigenvalue weighted by atomic mass is 19.1. The number of hydrogen-bond acceptors (Lipinski definition) is 2. The van der Waals surface area contributed by atoms with Crippen molar-refractivity contribution in [2.45, 2.75) is 13.3 Å². The Balaban J connectivity index is 2.20. The van der Waals surface area contributed by atoms with Crippen LogP contribution in [0.4, 0.5) is 4.39 Å². The van der Waals surface area contributed by atoms with Crippen LogP contribution < -0.4 is 4.74 Å². The number of carbonyl (C=O) groups is 1. The fourth-order valence-corrected chi connectivity index (χ4v) is 2.24. The first-order chi connectivity index (χ1) is 10.5. The maximum Gasteiger partial charge on any atom is 0.328 e. The van der Waals surface area contributed by atoms with E-state index in [1.807, 2.05) is 24.3 Å². The minimum atomic E-state index is -0.950. The molecule has 2 rings (SSSR count). The third-order valence-corrected chi connectivity index (χ3v) is 3.29. The van der Waals surface area contributed by atoms with E-state index < -0.39 is 5.97 Å². The van der Waals surface area contributed by atoms with E-state index in [2.05, 4.69) is 0 Å². The number of ether oxygens (including phenoxy) is 1. The zero-order valence-corrected chi connectivity index (χ0v) is 12.5. The van der Waals surface area contributed by atoms with E-state index >= 15 is 0 Å². The Morgan fingerprint density at radius 1 is 1.23 bits per heavy atom. The van der Waals surface area contributed by atoms with Gasteiger partial charge in [-0.25, -0.2) is 9.18 Å². The van der Waals surface area contributed by atoms with Gasteiger partial charge in [0.2, 0.25) is 0 Å². The lowest BCUT2D eigenvalue weighted by atomic mass is 10.0. The van der Waals surface area contributed by atoms with Gasteiger partial charge in [-0.2, -0.15) is 0 Å². The summed E-state index contributed by atoms with van der Waals surface area (Å²) >= 11 is 0. The summed E-state index contributed by atoms with van der Waals surface area (Å²) in [4.78, 5) is 10.6. The van der Waals surface area contributed by atoms with Gasteiger partial charge >= 0.3 is 5.97 Å². The van der Waals surface area contributed by atoms with Crippen LogP contribution in [0.3, 0.4) is 0 Å². The van der Waals surface area contributed by atoms with Crippen LogP contribution >= 0.6 is 0 Å². The van der Waals surface area contributed by atoms with Gasteiger partial charge in [-0.1, -0.05) is 29.8 Å². The van der Waals surface area contributed by atoms with E-state index in [0.29, 0.717) is 17.7 Å². The van der Waals surface area contributed by atoms with E-state index in [1.54, 1.807) is 19.1 Å². The molecule has 22 heavy (non-hydrogen) atoms. The highest BCUT2D eigenvalue weighted by Gasteiger charge is 2.07. The standard InChI is InChI=1S/C18H17FO3/c1-12(10-18(20)21)9-13-3-5-14(6-4-13)16-8-7-15(22-2)11-17(16)19/h3-8,10-11H,9H2,1-2H3,(H,20,21)/b12-10+. The van der Waals surface area contributed by atoms with E-state index in [0.717, 1.165) is 16.7 Å². The van der Waals surface area contributed by atoms with Gasteiger partial charge in [0.05, 0.1) is 7.11 Å². The molecule has 0 unspecified atom stereocenters. The highest BCUT2D eigenvalue weighted by molar-refractivity contribution is 5.80. The van der Waals surface area contributed by atoms with Crippen molar-refractivity contribution in [1.82, 2.24) is 0 Å². The number of halogens is 1. The Bertz CT molecular complexity index is 703. The summed E-state index contributed by atoms with van der Waals surface area (Å²) < 4.78 is 19.0. The molecule has 0 heterocycles. The van der Waals surface area contributed by atoms with Crippen LogP contribution in [0.1, 0.15) is 12.5 Å². The number of benzene rings is 2. The molecular weight excluding hydrogens is 283 g/mol. The van der Waals surface area contributed by atoms with E-state index in [9.17, 15) is 9.18 Å². The molecule has 0 amide bonds. The lowest BCUT2D eigenvalue weighted by molar-refractivity contribution is -0.131. The molecule has 0 saturated heterocycles. The number of methoxy groups -OCH3 is 1. The zero-order chi connectivity index (χ0) is 16.1. The van der Waals surface area contributed by atoms with Crippen LogP contribution in [0.5, 0.6) is 5.75 Å². The minimum absolute atomic E-state index is 0.339. The van der Waals surface area contributed by atoms with E-state index in [4.69, 9.17) is 9.84 Å². The highest BCUT2D eigenvalue weighted by Crippen LogP contribution is 2.26. The first-order valence-electron chi connectivity index (χ1n) is 6.82. The maximum atomic E-state index is 14.0. The van der Waals surface area contributed by atoms with Crippen molar-refractivity contribution in [2.24, 2.45) is 0 Å². The number of aliphatic carboxylic acids is 1. The van der Waals surface area contributed by atoms with Crippen molar-refractivity contribution in [3.05, 3.63) is 65.5 Å². The van der Waals surface area contributed by atoms with Crippen LogP contribution in [-0.4, -0.2) is 18.2 Å². The van der Waals surface area contributed by atoms with Gasteiger partial charge in [-0.3, -0.25) is 0 Å². The molecule has 0 aliphatic carbocycles. The molecule has 0 aromatic heterocycles. The van der Waals surface area contributed by atoms with E-state index in [-0.39, 0.29) is 5.82 Å². The van der Waals surface area contributed by atoms with Gasteiger partial charge in [0.25, 0.3) is 0 Å². The second-order valence-corrected chi connectivity index (χ2v) is 5.05. The van der Waals surface area contributed by atoms with Crippen molar-refractivity contribution in [3.63, 3.8) is 0 Å². The number of rotatable bonds is 5. The van der Waals surface area contributed by atoms with Gasteiger partial charge in [-0.05, 0) is 36.6 Å². The van der Waals surface area contributed by atoms with Crippen molar-refractivity contribution >= 4 is 5.97 Å². The van der Waals surface area contributed by atoms with Crippen LogP contribution in [-0.2, 0) is 11.2 Å². The molecule has 0 radical (unpaired) electrons. The number of carboxylic acid groups (broad SMARTS) is 1. The van der Waals surface area contributed by atoms with Gasteiger partial charge in [-0.15, -0.1) is 0 Å². The van der Waals surface area contributed by atoms with Crippen LogP contribution in [0.15, 0.2) is 54.1 Å². The summed E-state index contributed by atoms with van der Waals surface area (Å²) in [5.74, 6) is -0.809. The first kappa shape index (κ1) is 15.8. The van der Waals surface area contributed by atoms with Gasteiger partial charge in [0.1, 0.15) is 11.6 Å². The number of carboxylic acids is 1. The molecule has 0 aliphatic rings. The molecule has 1 N–H and O–H groups in total. The van der Waals surface area contributed by atoms with Gasteiger partial charge < -0.3 is 9.84 Å². The number of allylic oxidation sites excluding steroid dienone is 1. The molecule has 4 heteroatoms. The average molecular weight is 300 g/mol. The zero-order valence-electron chi connectivity index (χ0n) is 12.5. The minimum Gasteiger partial charge on any atom is -0.497 e. The Hall–Kier alpha value is -2.62. The topological polar surface area (TPSA) is 46.5 Å². The largest absolute Gasteiger partial charge is 0.497 e. The van der Waals surface area contributed by atoms with Crippen molar-refractivity contribution in [1.29, 1.82) is 0 Å². The second kappa shape index (κ2) is 6.89. The fourth-order valence-electron chi connectivity index (χ4n) is 2.24. The molecule has 0 bridgehead atoms. The molecule has 2 aromatic carbocycles. The van der Waals surface area contributed by atoms with Crippen LogP contribution in [0, 0.1) is 5.82 Å². The average Bonchev–Trinajstić information content (AvgIpc) is 2.47. The van der Waals surface area contributed by atoms with Gasteiger partial charge in [0, 0.05) is 17.7 Å². The summed E-state index contributed by atoms with van der Waals surface area (Å²) in [5.41, 5.74) is 3.01. The van der Waals surface area contributed by atoms with Crippen molar-refractivity contribution in [2.75, 3.05) is 7.11 Å². The maximum absolute atomic E-state index is 14.0. The molecule has 114 valence electrons. The Kier molecular flexibility index (Phi) is 4.94. The quantitative estimate of drug-likeness (QED) is 0.846. The van der Waals surface area contributed by atoms with E-state index in [1.165, 1.54) is 19.3 Å². The summed E-state index contributed by atoms with van der Waals surface area (Å²) in [7, 11) is 1.50. The molecule has 0 spiro atoms. The fraction of sp³-hybridized carbons (Fsp3) is 0.167. The third-order valence-electron chi connectivity index (χ3n) is 3.29. The predicted molar refractivity (Wildman–Crippen MR) is 83.5 cm³/mol.